The number of hydrogen-bond acceptors (Lipinski definition) is 4. The summed E-state index contributed by atoms with van der Waals surface area (Å²) in [5.74, 6) is -0.760. The number of halogens is 1. The van der Waals surface area contributed by atoms with E-state index in [0.29, 0.717) is 18.1 Å². The molecule has 1 fully saturated rings. The molecule has 1 saturated heterocycles. The van der Waals surface area contributed by atoms with Gasteiger partial charge in [-0.1, -0.05) is 42.5 Å². The molecule has 4 rings (SSSR count). The van der Waals surface area contributed by atoms with E-state index in [2.05, 4.69) is 27.0 Å². The normalized spacial score (nSPS) is 16.0. The van der Waals surface area contributed by atoms with Crippen molar-refractivity contribution in [3.05, 3.63) is 89.0 Å². The highest BCUT2D eigenvalue weighted by atomic mass is 19.1. The summed E-state index contributed by atoms with van der Waals surface area (Å²) in [4.78, 5) is 22.7. The largest absolute Gasteiger partial charge is 0.478 e. The van der Waals surface area contributed by atoms with Crippen molar-refractivity contribution in [1.29, 1.82) is 0 Å². The fourth-order valence-electron chi connectivity index (χ4n) is 4.09. The van der Waals surface area contributed by atoms with Gasteiger partial charge in [0.15, 0.2) is 0 Å². The van der Waals surface area contributed by atoms with Crippen LogP contribution >= 0.6 is 0 Å². The zero-order valence-electron chi connectivity index (χ0n) is 16.7. The second kappa shape index (κ2) is 9.03. The Labute approximate surface area is 175 Å². The predicted molar refractivity (Wildman–Crippen MR) is 113 cm³/mol. The maximum Gasteiger partial charge on any atom is 0.339 e. The van der Waals surface area contributed by atoms with Crippen molar-refractivity contribution >= 4 is 11.9 Å². The number of carboxylic acid groups (broad SMARTS) is 1. The van der Waals surface area contributed by atoms with E-state index in [1.807, 2.05) is 24.3 Å². The van der Waals surface area contributed by atoms with Crippen molar-refractivity contribution in [2.45, 2.75) is 38.1 Å². The lowest BCUT2D eigenvalue weighted by Gasteiger charge is -2.25. The third-order valence-electron chi connectivity index (χ3n) is 5.55. The highest BCUT2D eigenvalue weighted by molar-refractivity contribution is 5.88. The van der Waals surface area contributed by atoms with Crippen LogP contribution in [0.1, 0.15) is 52.5 Å². The molecule has 0 bridgehead atoms. The standard InChI is InChI=1S/C24H24FN3O2/c25-19-11-5-10-18(15-19)22-13-6-14-28(22)24-26-16-20(23(29)30)21(27-24)12-4-9-17-7-2-1-3-8-17/h1-3,5,7-8,10-11,15-16,22H,4,6,9,12-14H2,(H,29,30)/t22-/m1/s1. The summed E-state index contributed by atoms with van der Waals surface area (Å²) in [6, 6.07) is 16.7. The van der Waals surface area contributed by atoms with E-state index in [1.54, 1.807) is 12.1 Å². The minimum atomic E-state index is -1.01. The van der Waals surface area contributed by atoms with Crippen LogP contribution in [-0.4, -0.2) is 27.6 Å². The number of nitrogens with zero attached hydrogens (tertiary/aromatic N) is 3. The van der Waals surface area contributed by atoms with Gasteiger partial charge < -0.3 is 10.0 Å². The van der Waals surface area contributed by atoms with Crippen LogP contribution in [0.3, 0.4) is 0 Å². The fourth-order valence-corrected chi connectivity index (χ4v) is 4.09. The van der Waals surface area contributed by atoms with E-state index in [9.17, 15) is 14.3 Å². The van der Waals surface area contributed by atoms with E-state index in [1.165, 1.54) is 17.8 Å². The summed E-state index contributed by atoms with van der Waals surface area (Å²) in [7, 11) is 0. The minimum Gasteiger partial charge on any atom is -0.478 e. The molecule has 6 heteroatoms. The molecule has 0 saturated carbocycles. The second-order valence-electron chi connectivity index (χ2n) is 7.58. The first kappa shape index (κ1) is 20.0. The number of carboxylic acids is 1. The Morgan fingerprint density at radius 2 is 1.97 bits per heavy atom. The Morgan fingerprint density at radius 3 is 2.73 bits per heavy atom. The highest BCUT2D eigenvalue weighted by Gasteiger charge is 2.29. The van der Waals surface area contributed by atoms with Gasteiger partial charge in [0.1, 0.15) is 5.82 Å². The molecule has 1 N–H and O–H groups in total. The Morgan fingerprint density at radius 1 is 1.13 bits per heavy atom. The molecule has 2 heterocycles. The first-order chi connectivity index (χ1) is 14.6. The number of benzene rings is 2. The predicted octanol–water partition coefficient (Wildman–Crippen LogP) is 4.83. The first-order valence-electron chi connectivity index (χ1n) is 10.3. The molecular weight excluding hydrogens is 381 g/mol. The zero-order valence-corrected chi connectivity index (χ0v) is 16.7. The highest BCUT2D eigenvalue weighted by Crippen LogP contribution is 2.35. The lowest BCUT2D eigenvalue weighted by atomic mass is 10.0. The summed E-state index contributed by atoms with van der Waals surface area (Å²) in [5, 5.41) is 9.56. The summed E-state index contributed by atoms with van der Waals surface area (Å²) in [6.07, 6.45) is 5.46. The fraction of sp³-hybridized carbons (Fsp3) is 0.292. The molecule has 1 aliphatic heterocycles. The Kier molecular flexibility index (Phi) is 6.02. The van der Waals surface area contributed by atoms with Crippen molar-refractivity contribution in [2.24, 2.45) is 0 Å². The van der Waals surface area contributed by atoms with Gasteiger partial charge in [-0.05, 0) is 55.4 Å². The second-order valence-corrected chi connectivity index (χ2v) is 7.58. The minimum absolute atomic E-state index is 0.00598. The van der Waals surface area contributed by atoms with Crippen LogP contribution in [-0.2, 0) is 12.8 Å². The van der Waals surface area contributed by atoms with Gasteiger partial charge in [-0.3, -0.25) is 0 Å². The lowest BCUT2D eigenvalue weighted by molar-refractivity contribution is 0.0694. The van der Waals surface area contributed by atoms with Crippen LogP contribution in [0.5, 0.6) is 0 Å². The molecule has 1 atom stereocenters. The molecule has 5 nitrogen and oxygen atoms in total. The van der Waals surface area contributed by atoms with E-state index in [0.717, 1.165) is 37.8 Å². The molecule has 0 unspecified atom stereocenters. The van der Waals surface area contributed by atoms with Crippen molar-refractivity contribution in [1.82, 2.24) is 9.97 Å². The van der Waals surface area contributed by atoms with E-state index >= 15 is 0 Å². The van der Waals surface area contributed by atoms with Gasteiger partial charge >= 0.3 is 5.97 Å². The smallest absolute Gasteiger partial charge is 0.339 e. The van der Waals surface area contributed by atoms with Crippen LogP contribution in [0.15, 0.2) is 60.8 Å². The topological polar surface area (TPSA) is 66.3 Å². The van der Waals surface area contributed by atoms with Gasteiger partial charge in [0, 0.05) is 12.7 Å². The van der Waals surface area contributed by atoms with Crippen molar-refractivity contribution in [3.63, 3.8) is 0 Å². The Bertz CT molecular complexity index is 1030. The maximum atomic E-state index is 13.7. The number of aromatic nitrogens is 2. The number of hydrogen-bond donors (Lipinski definition) is 1. The number of aryl methyl sites for hydroxylation is 2. The van der Waals surface area contributed by atoms with E-state index in [-0.39, 0.29) is 17.4 Å². The monoisotopic (exact) mass is 405 g/mol. The third-order valence-corrected chi connectivity index (χ3v) is 5.55. The SMILES string of the molecule is O=C(O)c1cnc(N2CCC[C@@H]2c2cccc(F)c2)nc1CCCc1ccccc1. The van der Waals surface area contributed by atoms with Crippen LogP contribution in [0.2, 0.25) is 0 Å². The van der Waals surface area contributed by atoms with Gasteiger partial charge in [-0.15, -0.1) is 0 Å². The molecule has 30 heavy (non-hydrogen) atoms. The van der Waals surface area contributed by atoms with Crippen LogP contribution < -0.4 is 4.90 Å². The summed E-state index contributed by atoms with van der Waals surface area (Å²) >= 11 is 0. The number of aromatic carboxylic acids is 1. The number of rotatable bonds is 7. The van der Waals surface area contributed by atoms with Crippen molar-refractivity contribution < 1.29 is 14.3 Å². The van der Waals surface area contributed by atoms with E-state index < -0.39 is 5.97 Å². The summed E-state index contributed by atoms with van der Waals surface area (Å²) in [5.41, 5.74) is 2.81. The quantitative estimate of drug-likeness (QED) is 0.610. The van der Waals surface area contributed by atoms with Crippen LogP contribution in [0.4, 0.5) is 10.3 Å². The first-order valence-corrected chi connectivity index (χ1v) is 10.3. The van der Waals surface area contributed by atoms with E-state index in [4.69, 9.17) is 0 Å². The molecule has 1 aromatic heterocycles. The molecule has 3 aromatic rings. The van der Waals surface area contributed by atoms with Gasteiger partial charge in [0.25, 0.3) is 0 Å². The molecular formula is C24H24FN3O2. The Hall–Kier alpha value is -3.28. The van der Waals surface area contributed by atoms with Gasteiger partial charge in [-0.2, -0.15) is 0 Å². The third kappa shape index (κ3) is 4.48. The van der Waals surface area contributed by atoms with Crippen molar-refractivity contribution in [3.8, 4) is 0 Å². The average Bonchev–Trinajstić information content (AvgIpc) is 3.24. The molecule has 0 amide bonds. The van der Waals surface area contributed by atoms with Crippen LogP contribution in [0.25, 0.3) is 0 Å². The van der Waals surface area contributed by atoms with Crippen LogP contribution in [0, 0.1) is 5.82 Å². The van der Waals surface area contributed by atoms with Crippen molar-refractivity contribution in [2.75, 3.05) is 11.4 Å². The summed E-state index contributed by atoms with van der Waals surface area (Å²) in [6.45, 7) is 0.761. The molecule has 0 radical (unpaired) electrons. The number of anilines is 1. The summed E-state index contributed by atoms with van der Waals surface area (Å²) < 4.78 is 13.7. The van der Waals surface area contributed by atoms with Gasteiger partial charge in [0.05, 0.1) is 17.3 Å². The Balaban J connectivity index is 1.56. The van der Waals surface area contributed by atoms with Gasteiger partial charge in [0.2, 0.25) is 5.95 Å². The molecule has 1 aliphatic rings. The molecule has 0 spiro atoms. The number of carbonyl (C=O) groups is 1. The molecule has 154 valence electrons. The average molecular weight is 405 g/mol. The molecule has 2 aromatic carbocycles. The molecule has 0 aliphatic carbocycles. The van der Waals surface area contributed by atoms with Gasteiger partial charge in [-0.25, -0.2) is 19.2 Å². The maximum absolute atomic E-state index is 13.7. The lowest BCUT2D eigenvalue weighted by Crippen LogP contribution is -2.25. The zero-order chi connectivity index (χ0) is 20.9.